The summed E-state index contributed by atoms with van der Waals surface area (Å²) in [5.74, 6) is 0. The van der Waals surface area contributed by atoms with Gasteiger partial charge in [-0.25, -0.2) is 4.31 Å². The van der Waals surface area contributed by atoms with Crippen molar-refractivity contribution in [3.8, 4) is 11.1 Å². The van der Waals surface area contributed by atoms with Crippen molar-refractivity contribution in [2.75, 3.05) is 6.26 Å². The van der Waals surface area contributed by atoms with Gasteiger partial charge in [-0.05, 0) is 97.0 Å². The Morgan fingerprint density at radius 2 is 1.35 bits per heavy atom. The van der Waals surface area contributed by atoms with Gasteiger partial charge in [-0.3, -0.25) is 0 Å². The fourth-order valence-electron chi connectivity index (χ4n) is 4.35. The van der Waals surface area contributed by atoms with Crippen molar-refractivity contribution in [2.24, 2.45) is 0 Å². The second-order valence-corrected chi connectivity index (χ2v) is 11.0. The van der Waals surface area contributed by atoms with Crippen LogP contribution in [0.2, 0.25) is 0 Å². The number of thioether (sulfide) groups is 1. The first-order valence-corrected chi connectivity index (χ1v) is 13.7. The summed E-state index contributed by atoms with van der Waals surface area (Å²) in [7, 11) is 0. The van der Waals surface area contributed by atoms with E-state index in [0.29, 0.717) is 0 Å². The summed E-state index contributed by atoms with van der Waals surface area (Å²) in [5.41, 5.74) is 10.6. The first kappa shape index (κ1) is 24.7. The first-order chi connectivity index (χ1) is 16.4. The number of nitrogens with zero attached hydrogens (tertiary/aromatic N) is 1. The molecule has 0 spiro atoms. The van der Waals surface area contributed by atoms with Crippen molar-refractivity contribution in [2.45, 2.75) is 50.6 Å². The van der Waals surface area contributed by atoms with Gasteiger partial charge in [0.2, 0.25) is 0 Å². The highest BCUT2D eigenvalue weighted by atomic mass is 32.2. The maximum atomic E-state index is 2.50. The van der Waals surface area contributed by atoms with Crippen LogP contribution in [0.1, 0.15) is 33.4 Å². The summed E-state index contributed by atoms with van der Waals surface area (Å²) in [6, 6.07) is 31.1. The van der Waals surface area contributed by atoms with E-state index < -0.39 is 0 Å². The second kappa shape index (κ2) is 11.3. The van der Waals surface area contributed by atoms with Crippen LogP contribution < -0.4 is 0 Å². The zero-order valence-corrected chi connectivity index (χ0v) is 22.4. The van der Waals surface area contributed by atoms with Crippen molar-refractivity contribution in [1.82, 2.24) is 4.31 Å². The Kier molecular flexibility index (Phi) is 8.20. The van der Waals surface area contributed by atoms with Crippen molar-refractivity contribution >= 4 is 23.7 Å². The van der Waals surface area contributed by atoms with Gasteiger partial charge >= 0.3 is 0 Å². The molecule has 0 atom stereocenters. The van der Waals surface area contributed by atoms with E-state index in [1.807, 2.05) is 11.9 Å². The minimum Gasteiger partial charge on any atom is -0.238 e. The van der Waals surface area contributed by atoms with Crippen LogP contribution in [0.3, 0.4) is 0 Å². The summed E-state index contributed by atoms with van der Waals surface area (Å²) in [5, 5.41) is 0. The SMILES string of the molecule is CSc1cccc(-c2ccc(CN(Cc3ccccc3C)Sc3c(C)cc(C)cc3C)cc2)c1. The van der Waals surface area contributed by atoms with Crippen LogP contribution >= 0.6 is 23.7 Å². The molecular weight excluding hydrogens is 450 g/mol. The van der Waals surface area contributed by atoms with Gasteiger partial charge in [0.25, 0.3) is 0 Å². The van der Waals surface area contributed by atoms with Crippen LogP contribution in [0.4, 0.5) is 0 Å². The van der Waals surface area contributed by atoms with E-state index in [2.05, 4.69) is 123 Å². The Bertz CT molecular complexity index is 1240. The molecule has 0 aliphatic rings. The quantitative estimate of drug-likeness (QED) is 0.182. The third-order valence-electron chi connectivity index (χ3n) is 6.15. The summed E-state index contributed by atoms with van der Waals surface area (Å²) in [6.07, 6.45) is 2.13. The largest absolute Gasteiger partial charge is 0.238 e. The van der Waals surface area contributed by atoms with Gasteiger partial charge in [-0.2, -0.15) is 0 Å². The van der Waals surface area contributed by atoms with Gasteiger partial charge in [-0.15, -0.1) is 11.8 Å². The number of benzene rings is 4. The maximum Gasteiger partial charge on any atom is 0.0350 e. The molecule has 0 aliphatic carbocycles. The molecule has 0 N–H and O–H groups in total. The lowest BCUT2D eigenvalue weighted by Gasteiger charge is -2.24. The summed E-state index contributed by atoms with van der Waals surface area (Å²) < 4.78 is 2.50. The molecule has 0 aliphatic heterocycles. The van der Waals surface area contributed by atoms with Crippen LogP contribution in [0.5, 0.6) is 0 Å². The van der Waals surface area contributed by atoms with Crippen LogP contribution in [0.15, 0.2) is 94.7 Å². The number of rotatable bonds is 8. The highest BCUT2D eigenvalue weighted by Crippen LogP contribution is 2.33. The average molecular weight is 484 g/mol. The molecule has 34 heavy (non-hydrogen) atoms. The maximum absolute atomic E-state index is 2.50. The predicted molar refractivity (Wildman–Crippen MR) is 151 cm³/mol. The van der Waals surface area contributed by atoms with Crippen molar-refractivity contribution < 1.29 is 0 Å². The molecule has 4 aromatic carbocycles. The fraction of sp³-hybridized carbons (Fsp3) is 0.226. The lowest BCUT2D eigenvalue weighted by atomic mass is 10.0. The zero-order valence-electron chi connectivity index (χ0n) is 20.8. The molecule has 0 saturated heterocycles. The number of aryl methyl sites for hydroxylation is 4. The summed E-state index contributed by atoms with van der Waals surface area (Å²) >= 11 is 3.67. The molecule has 0 saturated carbocycles. The van der Waals surface area contributed by atoms with Crippen LogP contribution in [-0.4, -0.2) is 10.6 Å². The molecule has 0 unspecified atom stereocenters. The van der Waals surface area contributed by atoms with Crippen molar-refractivity contribution in [3.05, 3.63) is 118 Å². The normalized spacial score (nSPS) is 11.2. The smallest absolute Gasteiger partial charge is 0.0350 e. The molecule has 0 amide bonds. The van der Waals surface area contributed by atoms with E-state index >= 15 is 0 Å². The number of hydrogen-bond acceptors (Lipinski definition) is 3. The van der Waals surface area contributed by atoms with Gasteiger partial charge in [0.05, 0.1) is 0 Å². The molecular formula is C31H33NS2. The van der Waals surface area contributed by atoms with E-state index in [4.69, 9.17) is 0 Å². The molecule has 0 heterocycles. The Morgan fingerprint density at radius 3 is 2.03 bits per heavy atom. The third kappa shape index (κ3) is 6.15. The van der Waals surface area contributed by atoms with Gasteiger partial charge in [0.1, 0.15) is 0 Å². The highest BCUT2D eigenvalue weighted by molar-refractivity contribution is 7.98. The Morgan fingerprint density at radius 1 is 0.647 bits per heavy atom. The van der Waals surface area contributed by atoms with E-state index in [0.717, 1.165) is 13.1 Å². The highest BCUT2D eigenvalue weighted by Gasteiger charge is 2.14. The lowest BCUT2D eigenvalue weighted by Crippen LogP contribution is -2.16. The minimum atomic E-state index is 0.886. The van der Waals surface area contributed by atoms with Crippen LogP contribution in [0.25, 0.3) is 11.1 Å². The minimum absolute atomic E-state index is 0.886. The molecule has 1 nitrogen and oxygen atoms in total. The molecule has 174 valence electrons. The van der Waals surface area contributed by atoms with E-state index in [-0.39, 0.29) is 0 Å². The van der Waals surface area contributed by atoms with Gasteiger partial charge in [0.15, 0.2) is 0 Å². The fourth-order valence-corrected chi connectivity index (χ4v) is 5.89. The zero-order chi connectivity index (χ0) is 24.1. The molecule has 0 radical (unpaired) electrons. The van der Waals surface area contributed by atoms with Crippen LogP contribution in [0, 0.1) is 27.7 Å². The van der Waals surface area contributed by atoms with Crippen LogP contribution in [-0.2, 0) is 13.1 Å². The molecule has 0 aromatic heterocycles. The van der Waals surface area contributed by atoms with E-state index in [9.17, 15) is 0 Å². The Labute approximate surface area is 213 Å². The topological polar surface area (TPSA) is 3.24 Å². The van der Waals surface area contributed by atoms with E-state index in [1.54, 1.807) is 11.8 Å². The van der Waals surface area contributed by atoms with Crippen molar-refractivity contribution in [1.29, 1.82) is 0 Å². The third-order valence-corrected chi connectivity index (χ3v) is 8.22. The molecule has 0 bridgehead atoms. The molecule has 3 heteroatoms. The summed E-state index contributed by atoms with van der Waals surface area (Å²) in [6.45, 7) is 10.6. The van der Waals surface area contributed by atoms with Gasteiger partial charge < -0.3 is 0 Å². The van der Waals surface area contributed by atoms with Gasteiger partial charge in [-0.1, -0.05) is 78.4 Å². The molecule has 0 fully saturated rings. The number of hydrogen-bond donors (Lipinski definition) is 0. The Hall–Kier alpha value is -2.46. The van der Waals surface area contributed by atoms with Crippen molar-refractivity contribution in [3.63, 3.8) is 0 Å². The predicted octanol–water partition coefficient (Wildman–Crippen LogP) is 9.02. The summed E-state index contributed by atoms with van der Waals surface area (Å²) in [4.78, 5) is 2.66. The average Bonchev–Trinajstić information content (AvgIpc) is 2.83. The Balaban J connectivity index is 1.59. The first-order valence-electron chi connectivity index (χ1n) is 11.7. The molecule has 4 rings (SSSR count). The van der Waals surface area contributed by atoms with E-state index in [1.165, 1.54) is 54.3 Å². The van der Waals surface area contributed by atoms with Gasteiger partial charge in [0, 0.05) is 22.9 Å². The second-order valence-electron chi connectivity index (χ2n) is 8.97. The standard InChI is InChI=1S/C31H33NS2/c1-22-17-24(3)31(25(4)18-22)34-32(21-29-10-7-6-9-23(29)2)20-26-13-15-27(16-14-26)28-11-8-12-30(19-28)33-5/h6-19H,20-21H2,1-5H3. The molecule has 4 aromatic rings. The monoisotopic (exact) mass is 483 g/mol. The lowest BCUT2D eigenvalue weighted by molar-refractivity contribution is 0.461.